The Morgan fingerprint density at radius 3 is 2.52 bits per heavy atom. The Balaban J connectivity index is 1.62. The van der Waals surface area contributed by atoms with Crippen molar-refractivity contribution >= 4 is 11.8 Å². The molecule has 1 aliphatic carbocycles. The number of rotatable bonds is 4. The first-order valence-electron chi connectivity index (χ1n) is 8.69. The van der Waals surface area contributed by atoms with Gasteiger partial charge in [-0.3, -0.25) is 9.59 Å². The third kappa shape index (κ3) is 3.41. The normalized spacial score (nSPS) is 23.0. The average molecular weight is 314 g/mol. The molecule has 3 rings (SSSR count). The standard InChI is InChI=1S/C19H26N2O2/c1-15(22)21-12-9-16(13-21)18(23)20-14-19(10-5-6-11-19)17-7-3-2-4-8-17/h2-4,7-8,16H,5-6,9-14H2,1H3,(H,20,23)/t16-/m1/s1. The number of carbonyl (C=O) groups excluding carboxylic acids is 2. The highest BCUT2D eigenvalue weighted by Gasteiger charge is 2.37. The van der Waals surface area contributed by atoms with Crippen LogP contribution in [0.15, 0.2) is 30.3 Å². The fourth-order valence-corrected chi connectivity index (χ4v) is 4.07. The summed E-state index contributed by atoms with van der Waals surface area (Å²) in [6, 6.07) is 10.6. The third-order valence-electron chi connectivity index (χ3n) is 5.55. The number of nitrogens with zero attached hydrogens (tertiary/aromatic N) is 1. The van der Waals surface area contributed by atoms with Crippen LogP contribution in [0.4, 0.5) is 0 Å². The molecule has 0 unspecified atom stereocenters. The zero-order valence-electron chi connectivity index (χ0n) is 13.9. The molecule has 1 saturated carbocycles. The van der Waals surface area contributed by atoms with Crippen molar-refractivity contribution < 1.29 is 9.59 Å². The minimum absolute atomic E-state index is 0.0480. The van der Waals surface area contributed by atoms with Crippen molar-refractivity contribution in [2.24, 2.45) is 5.92 Å². The lowest BCUT2D eigenvalue weighted by Gasteiger charge is -2.30. The van der Waals surface area contributed by atoms with Crippen LogP contribution in [0.2, 0.25) is 0 Å². The molecule has 4 heteroatoms. The van der Waals surface area contributed by atoms with Crippen molar-refractivity contribution in [3.8, 4) is 0 Å². The molecule has 0 spiro atoms. The van der Waals surface area contributed by atoms with Crippen LogP contribution in [0.3, 0.4) is 0 Å². The Bertz CT molecular complexity index is 564. The largest absolute Gasteiger partial charge is 0.355 e. The van der Waals surface area contributed by atoms with E-state index in [1.165, 1.54) is 18.4 Å². The molecule has 4 nitrogen and oxygen atoms in total. The van der Waals surface area contributed by atoms with Gasteiger partial charge in [0.05, 0.1) is 5.92 Å². The van der Waals surface area contributed by atoms with Crippen molar-refractivity contribution in [2.75, 3.05) is 19.6 Å². The zero-order valence-corrected chi connectivity index (χ0v) is 13.9. The topological polar surface area (TPSA) is 49.4 Å². The van der Waals surface area contributed by atoms with Gasteiger partial charge in [-0.2, -0.15) is 0 Å². The minimum Gasteiger partial charge on any atom is -0.355 e. The second kappa shape index (κ2) is 6.73. The molecule has 1 aromatic carbocycles. The molecule has 1 atom stereocenters. The van der Waals surface area contributed by atoms with Gasteiger partial charge in [0, 0.05) is 32.0 Å². The molecule has 124 valence electrons. The van der Waals surface area contributed by atoms with Gasteiger partial charge in [-0.25, -0.2) is 0 Å². The van der Waals surface area contributed by atoms with Gasteiger partial charge in [0.2, 0.25) is 11.8 Å². The summed E-state index contributed by atoms with van der Waals surface area (Å²) in [5.74, 6) is 0.126. The predicted molar refractivity (Wildman–Crippen MR) is 90.0 cm³/mol. The quantitative estimate of drug-likeness (QED) is 0.928. The summed E-state index contributed by atoms with van der Waals surface area (Å²) < 4.78 is 0. The van der Waals surface area contributed by atoms with Crippen LogP contribution in [0.5, 0.6) is 0 Å². The molecular weight excluding hydrogens is 288 g/mol. The SMILES string of the molecule is CC(=O)N1CC[C@@H](C(=O)NCC2(c3ccccc3)CCCC2)C1. The fraction of sp³-hybridized carbons (Fsp3) is 0.579. The number of carbonyl (C=O) groups is 2. The monoisotopic (exact) mass is 314 g/mol. The first-order valence-corrected chi connectivity index (χ1v) is 8.69. The highest BCUT2D eigenvalue weighted by molar-refractivity contribution is 5.81. The smallest absolute Gasteiger partial charge is 0.224 e. The lowest BCUT2D eigenvalue weighted by Crippen LogP contribution is -2.42. The fourth-order valence-electron chi connectivity index (χ4n) is 4.07. The van der Waals surface area contributed by atoms with Crippen molar-refractivity contribution in [3.63, 3.8) is 0 Å². The summed E-state index contributed by atoms with van der Waals surface area (Å²) in [4.78, 5) is 25.7. The Labute approximate surface area is 138 Å². The number of hydrogen-bond donors (Lipinski definition) is 1. The number of amides is 2. The second-order valence-corrected chi connectivity index (χ2v) is 7.02. The van der Waals surface area contributed by atoms with E-state index in [-0.39, 0.29) is 23.1 Å². The Kier molecular flexibility index (Phi) is 4.69. The van der Waals surface area contributed by atoms with Crippen molar-refractivity contribution in [1.29, 1.82) is 0 Å². The van der Waals surface area contributed by atoms with E-state index in [2.05, 4.69) is 29.6 Å². The summed E-state index contributed by atoms with van der Waals surface area (Å²) in [7, 11) is 0. The van der Waals surface area contributed by atoms with Crippen molar-refractivity contribution in [1.82, 2.24) is 10.2 Å². The van der Waals surface area contributed by atoms with Crippen LogP contribution in [0, 0.1) is 5.92 Å². The van der Waals surface area contributed by atoms with Crippen molar-refractivity contribution in [3.05, 3.63) is 35.9 Å². The second-order valence-electron chi connectivity index (χ2n) is 7.02. The number of nitrogens with one attached hydrogen (secondary N) is 1. The van der Waals surface area contributed by atoms with Gasteiger partial charge < -0.3 is 10.2 Å². The maximum atomic E-state index is 12.5. The minimum atomic E-state index is -0.0480. The molecule has 2 amide bonds. The molecule has 0 bridgehead atoms. The molecule has 1 aliphatic heterocycles. The van der Waals surface area contributed by atoms with Crippen LogP contribution >= 0.6 is 0 Å². The summed E-state index contributed by atoms with van der Waals surface area (Å²) in [5, 5.41) is 3.19. The Hall–Kier alpha value is -1.84. The summed E-state index contributed by atoms with van der Waals surface area (Å²) in [5.41, 5.74) is 1.44. The summed E-state index contributed by atoms with van der Waals surface area (Å²) >= 11 is 0. The summed E-state index contributed by atoms with van der Waals surface area (Å²) in [6.45, 7) is 3.56. The van der Waals surface area contributed by atoms with Gasteiger partial charge >= 0.3 is 0 Å². The third-order valence-corrected chi connectivity index (χ3v) is 5.55. The Morgan fingerprint density at radius 2 is 1.91 bits per heavy atom. The van der Waals surface area contributed by atoms with Gasteiger partial charge in [-0.05, 0) is 24.8 Å². The van der Waals surface area contributed by atoms with Gasteiger partial charge in [0.25, 0.3) is 0 Å². The molecule has 2 aliphatic rings. The molecule has 1 aromatic rings. The van der Waals surface area contributed by atoms with Crippen LogP contribution < -0.4 is 5.32 Å². The average Bonchev–Trinajstić information content (AvgIpc) is 3.24. The predicted octanol–water partition coefficient (Wildman–Crippen LogP) is 2.48. The maximum absolute atomic E-state index is 12.5. The molecular formula is C19H26N2O2. The van der Waals surface area contributed by atoms with E-state index in [1.54, 1.807) is 11.8 Å². The van der Waals surface area contributed by atoms with Gasteiger partial charge in [0.1, 0.15) is 0 Å². The van der Waals surface area contributed by atoms with E-state index in [1.807, 2.05) is 6.07 Å². The van der Waals surface area contributed by atoms with E-state index in [0.717, 1.165) is 19.3 Å². The molecule has 1 heterocycles. The zero-order chi connectivity index (χ0) is 16.3. The maximum Gasteiger partial charge on any atom is 0.224 e. The van der Waals surface area contributed by atoms with Crippen LogP contribution in [0.1, 0.15) is 44.6 Å². The number of likely N-dealkylation sites (tertiary alicyclic amines) is 1. The van der Waals surface area contributed by atoms with Gasteiger partial charge in [0.15, 0.2) is 0 Å². The lowest BCUT2D eigenvalue weighted by molar-refractivity contribution is -0.128. The molecule has 0 aromatic heterocycles. The number of benzene rings is 1. The molecule has 23 heavy (non-hydrogen) atoms. The molecule has 1 saturated heterocycles. The van der Waals surface area contributed by atoms with E-state index < -0.39 is 0 Å². The first-order chi connectivity index (χ1) is 11.1. The van der Waals surface area contributed by atoms with Crippen LogP contribution in [-0.4, -0.2) is 36.3 Å². The highest BCUT2D eigenvalue weighted by atomic mass is 16.2. The van der Waals surface area contributed by atoms with Gasteiger partial charge in [-0.15, -0.1) is 0 Å². The lowest BCUT2D eigenvalue weighted by atomic mass is 9.78. The highest BCUT2D eigenvalue weighted by Crippen LogP contribution is 2.40. The van der Waals surface area contributed by atoms with E-state index in [0.29, 0.717) is 19.6 Å². The molecule has 1 N–H and O–H groups in total. The van der Waals surface area contributed by atoms with Crippen molar-refractivity contribution in [2.45, 2.75) is 44.4 Å². The van der Waals surface area contributed by atoms with Crippen LogP contribution in [-0.2, 0) is 15.0 Å². The van der Waals surface area contributed by atoms with Gasteiger partial charge in [-0.1, -0.05) is 43.2 Å². The summed E-state index contributed by atoms with van der Waals surface area (Å²) in [6.07, 6.45) is 5.52. The number of hydrogen-bond acceptors (Lipinski definition) is 2. The Morgan fingerprint density at radius 1 is 1.22 bits per heavy atom. The van der Waals surface area contributed by atoms with Crippen LogP contribution in [0.25, 0.3) is 0 Å². The van der Waals surface area contributed by atoms with E-state index >= 15 is 0 Å². The first kappa shape index (κ1) is 16.0. The molecule has 0 radical (unpaired) electrons. The molecule has 2 fully saturated rings. The van der Waals surface area contributed by atoms with E-state index in [4.69, 9.17) is 0 Å². The van der Waals surface area contributed by atoms with E-state index in [9.17, 15) is 9.59 Å².